The zero-order chi connectivity index (χ0) is 13.0. The summed E-state index contributed by atoms with van der Waals surface area (Å²) in [6.07, 6.45) is 2.08. The second-order valence-corrected chi connectivity index (χ2v) is 3.73. The highest BCUT2D eigenvalue weighted by atomic mass is 16.5. The van der Waals surface area contributed by atoms with Gasteiger partial charge in [0, 0.05) is 12.5 Å². The van der Waals surface area contributed by atoms with E-state index in [1.54, 1.807) is 20.2 Å². The van der Waals surface area contributed by atoms with Gasteiger partial charge in [-0.2, -0.15) is 4.80 Å². The third-order valence-corrected chi connectivity index (χ3v) is 2.51. The Bertz CT molecular complexity index is 512. The minimum absolute atomic E-state index is 0.00824. The number of ether oxygens (including phenoxy) is 1. The van der Waals surface area contributed by atoms with Crippen molar-refractivity contribution in [3.63, 3.8) is 0 Å². The molecule has 96 valence electrons. The molecule has 2 heterocycles. The van der Waals surface area contributed by atoms with E-state index in [2.05, 4.69) is 30.7 Å². The molecule has 0 saturated carbocycles. The van der Waals surface area contributed by atoms with Crippen LogP contribution in [0.3, 0.4) is 0 Å². The van der Waals surface area contributed by atoms with Gasteiger partial charge in [0.15, 0.2) is 5.82 Å². The van der Waals surface area contributed by atoms with Crippen LogP contribution in [0.15, 0.2) is 12.4 Å². The lowest BCUT2D eigenvalue weighted by Crippen LogP contribution is -2.21. The Hall–Kier alpha value is -2.09. The average molecular weight is 249 g/mol. The Morgan fingerprint density at radius 1 is 1.44 bits per heavy atom. The summed E-state index contributed by atoms with van der Waals surface area (Å²) >= 11 is 0. The van der Waals surface area contributed by atoms with Crippen LogP contribution in [0.2, 0.25) is 0 Å². The molecule has 8 nitrogen and oxygen atoms in total. The van der Waals surface area contributed by atoms with Gasteiger partial charge >= 0.3 is 0 Å². The van der Waals surface area contributed by atoms with Crippen molar-refractivity contribution in [2.45, 2.75) is 12.5 Å². The summed E-state index contributed by atoms with van der Waals surface area (Å²) in [5, 5.41) is 15.1. The standard InChI is InChI=1S/C10H15N7O/c1-11-7(4-9-14-16-17(2)15-9)8-5-10(18-3)13-6-12-8/h5-7,11H,4H2,1-3H3. The number of hydrogen-bond donors (Lipinski definition) is 1. The molecule has 2 rings (SSSR count). The van der Waals surface area contributed by atoms with Crippen molar-refractivity contribution < 1.29 is 4.74 Å². The second-order valence-electron chi connectivity index (χ2n) is 3.73. The maximum Gasteiger partial charge on any atom is 0.216 e. The first-order valence-corrected chi connectivity index (χ1v) is 5.49. The predicted octanol–water partition coefficient (Wildman–Crippen LogP) is -0.488. The number of hydrogen-bond acceptors (Lipinski definition) is 7. The minimum atomic E-state index is -0.00824. The summed E-state index contributed by atoms with van der Waals surface area (Å²) in [5.41, 5.74) is 0.830. The van der Waals surface area contributed by atoms with Crippen LogP contribution in [0.1, 0.15) is 17.6 Å². The number of rotatable bonds is 5. The van der Waals surface area contributed by atoms with Gasteiger partial charge in [-0.3, -0.25) is 0 Å². The summed E-state index contributed by atoms with van der Waals surface area (Å²) in [4.78, 5) is 9.64. The van der Waals surface area contributed by atoms with Crippen molar-refractivity contribution in [3.05, 3.63) is 23.9 Å². The fourth-order valence-electron chi connectivity index (χ4n) is 1.60. The van der Waals surface area contributed by atoms with E-state index in [0.717, 1.165) is 5.69 Å². The Balaban J connectivity index is 2.17. The summed E-state index contributed by atoms with van der Waals surface area (Å²) in [6.45, 7) is 0. The molecule has 0 amide bonds. The fourth-order valence-corrected chi connectivity index (χ4v) is 1.60. The molecule has 2 aromatic rings. The quantitative estimate of drug-likeness (QED) is 0.764. The Labute approximate surface area is 104 Å². The monoisotopic (exact) mass is 249 g/mol. The van der Waals surface area contributed by atoms with Crippen LogP contribution in [-0.4, -0.2) is 44.3 Å². The Morgan fingerprint density at radius 2 is 2.28 bits per heavy atom. The number of nitrogens with zero attached hydrogens (tertiary/aromatic N) is 6. The van der Waals surface area contributed by atoms with Gasteiger partial charge in [-0.15, -0.1) is 10.2 Å². The Morgan fingerprint density at radius 3 is 2.89 bits per heavy atom. The van der Waals surface area contributed by atoms with Crippen molar-refractivity contribution in [1.82, 2.24) is 35.5 Å². The van der Waals surface area contributed by atoms with E-state index in [1.807, 2.05) is 7.05 Å². The zero-order valence-corrected chi connectivity index (χ0v) is 10.5. The zero-order valence-electron chi connectivity index (χ0n) is 10.5. The number of likely N-dealkylation sites (N-methyl/N-ethyl adjacent to an activating group) is 1. The molecule has 0 aliphatic heterocycles. The molecule has 18 heavy (non-hydrogen) atoms. The molecule has 0 spiro atoms. The van der Waals surface area contributed by atoms with Crippen molar-refractivity contribution in [3.8, 4) is 5.88 Å². The molecular weight excluding hydrogens is 234 g/mol. The normalized spacial score (nSPS) is 12.4. The first-order chi connectivity index (χ1) is 8.72. The molecular formula is C10H15N7O. The first-order valence-electron chi connectivity index (χ1n) is 5.49. The molecule has 8 heteroatoms. The average Bonchev–Trinajstić information content (AvgIpc) is 2.81. The third kappa shape index (κ3) is 2.77. The van der Waals surface area contributed by atoms with Crippen LogP contribution < -0.4 is 10.1 Å². The molecule has 0 fully saturated rings. The lowest BCUT2D eigenvalue weighted by atomic mass is 10.1. The van der Waals surface area contributed by atoms with Gasteiger partial charge in [0.05, 0.1) is 25.9 Å². The highest BCUT2D eigenvalue weighted by Gasteiger charge is 2.15. The van der Waals surface area contributed by atoms with E-state index in [9.17, 15) is 0 Å². The van der Waals surface area contributed by atoms with Gasteiger partial charge in [0.1, 0.15) is 6.33 Å². The van der Waals surface area contributed by atoms with Crippen molar-refractivity contribution >= 4 is 0 Å². The number of aromatic nitrogens is 6. The van der Waals surface area contributed by atoms with E-state index < -0.39 is 0 Å². The van der Waals surface area contributed by atoms with Crippen molar-refractivity contribution in [2.75, 3.05) is 14.2 Å². The van der Waals surface area contributed by atoms with Crippen LogP contribution in [0.4, 0.5) is 0 Å². The first kappa shape index (κ1) is 12.4. The van der Waals surface area contributed by atoms with Crippen LogP contribution >= 0.6 is 0 Å². The van der Waals surface area contributed by atoms with Crippen LogP contribution in [-0.2, 0) is 13.5 Å². The largest absolute Gasteiger partial charge is 0.481 e. The molecule has 0 bridgehead atoms. The van der Waals surface area contributed by atoms with Crippen molar-refractivity contribution in [1.29, 1.82) is 0 Å². The lowest BCUT2D eigenvalue weighted by molar-refractivity contribution is 0.394. The van der Waals surface area contributed by atoms with Gasteiger partial charge in [-0.1, -0.05) is 0 Å². The Kier molecular flexibility index (Phi) is 3.78. The molecule has 0 aliphatic rings. The van der Waals surface area contributed by atoms with Gasteiger partial charge in [-0.25, -0.2) is 9.97 Å². The molecule has 0 aromatic carbocycles. The highest BCUT2D eigenvalue weighted by Crippen LogP contribution is 2.16. The van der Waals surface area contributed by atoms with E-state index in [0.29, 0.717) is 18.1 Å². The van der Waals surface area contributed by atoms with E-state index >= 15 is 0 Å². The summed E-state index contributed by atoms with van der Waals surface area (Å²) < 4.78 is 5.08. The molecule has 0 radical (unpaired) electrons. The minimum Gasteiger partial charge on any atom is -0.481 e. The second kappa shape index (κ2) is 5.50. The SMILES string of the molecule is CNC(Cc1nnn(C)n1)c1cc(OC)ncn1. The van der Waals surface area contributed by atoms with E-state index in [-0.39, 0.29) is 6.04 Å². The van der Waals surface area contributed by atoms with Gasteiger partial charge in [0.25, 0.3) is 0 Å². The molecule has 1 N–H and O–H groups in total. The van der Waals surface area contributed by atoms with Gasteiger partial charge in [0.2, 0.25) is 5.88 Å². The van der Waals surface area contributed by atoms with Crippen LogP contribution in [0.5, 0.6) is 5.88 Å². The van der Waals surface area contributed by atoms with Gasteiger partial charge < -0.3 is 10.1 Å². The number of methoxy groups -OCH3 is 1. The number of tetrazole rings is 1. The lowest BCUT2D eigenvalue weighted by Gasteiger charge is -2.13. The highest BCUT2D eigenvalue weighted by molar-refractivity contribution is 5.17. The topological polar surface area (TPSA) is 90.6 Å². The molecule has 0 saturated heterocycles. The summed E-state index contributed by atoms with van der Waals surface area (Å²) in [5.74, 6) is 1.20. The molecule has 1 unspecified atom stereocenters. The van der Waals surface area contributed by atoms with E-state index in [1.165, 1.54) is 11.1 Å². The summed E-state index contributed by atoms with van der Waals surface area (Å²) in [6, 6.07) is 1.78. The smallest absolute Gasteiger partial charge is 0.216 e. The maximum atomic E-state index is 5.08. The molecule has 1 atom stereocenters. The fraction of sp³-hybridized carbons (Fsp3) is 0.500. The molecule has 0 aliphatic carbocycles. The maximum absolute atomic E-state index is 5.08. The van der Waals surface area contributed by atoms with Crippen molar-refractivity contribution in [2.24, 2.45) is 7.05 Å². The third-order valence-electron chi connectivity index (χ3n) is 2.51. The predicted molar refractivity (Wildman–Crippen MR) is 62.9 cm³/mol. The summed E-state index contributed by atoms with van der Waals surface area (Å²) in [7, 11) is 5.17. The van der Waals surface area contributed by atoms with Crippen LogP contribution in [0, 0.1) is 0 Å². The van der Waals surface area contributed by atoms with E-state index in [4.69, 9.17) is 4.74 Å². The number of aryl methyl sites for hydroxylation is 1. The molecule has 2 aromatic heterocycles. The van der Waals surface area contributed by atoms with Crippen LogP contribution in [0.25, 0.3) is 0 Å². The number of nitrogens with one attached hydrogen (secondary N) is 1. The van der Waals surface area contributed by atoms with Gasteiger partial charge in [-0.05, 0) is 12.3 Å².